The summed E-state index contributed by atoms with van der Waals surface area (Å²) in [6, 6.07) is 0. The maximum absolute atomic E-state index is 5.36. The van der Waals surface area contributed by atoms with E-state index in [0.29, 0.717) is 11.8 Å². The molecule has 0 spiro atoms. The average Bonchev–Trinajstić information content (AvgIpc) is 2.15. The van der Waals surface area contributed by atoms with Gasteiger partial charge in [0, 0.05) is 13.2 Å². The lowest BCUT2D eigenvalue weighted by molar-refractivity contribution is 0.0886. The van der Waals surface area contributed by atoms with Gasteiger partial charge >= 0.3 is 0 Å². The largest absolute Gasteiger partial charge is 0.381 e. The van der Waals surface area contributed by atoms with E-state index in [-0.39, 0.29) is 0 Å². The summed E-state index contributed by atoms with van der Waals surface area (Å²) in [7, 11) is 0. The van der Waals surface area contributed by atoms with Crippen molar-refractivity contribution in [3.63, 3.8) is 0 Å². The second kappa shape index (κ2) is 13.9. The molecule has 1 radical (unpaired) electrons. The highest BCUT2D eigenvalue weighted by Crippen LogP contribution is 2.05. The monoisotopic (exact) mass is 271 g/mol. The standard InChI is InChI=1S/C8H18O.2C4H9.Al/c1-7(2)5-9-6-8(3)4;2*1-4(2)3;/h7-8H,5-6H2,1-4H3;2*4H,1H2,2-3H3;. The van der Waals surface area contributed by atoms with Gasteiger partial charge in [0.1, 0.15) is 0 Å². The maximum Gasteiger partial charge on any atom is 0.200 e. The molecule has 0 aliphatic rings. The minimum atomic E-state index is 0.670. The Morgan fingerprint density at radius 1 is 0.611 bits per heavy atom. The summed E-state index contributed by atoms with van der Waals surface area (Å²) in [6.07, 6.45) is 0. The molecule has 0 aromatic carbocycles. The molecule has 0 heterocycles. The predicted octanol–water partition coefficient (Wildman–Crippen LogP) is 5.15. The van der Waals surface area contributed by atoms with Gasteiger partial charge in [-0.15, -0.1) is 10.6 Å². The van der Waals surface area contributed by atoms with Crippen LogP contribution in [0.1, 0.15) is 55.4 Å². The molecule has 0 fully saturated rings. The van der Waals surface area contributed by atoms with Crippen LogP contribution in [0.5, 0.6) is 0 Å². The summed E-state index contributed by atoms with van der Waals surface area (Å²) in [5, 5.41) is 2.97. The number of hydrogen-bond acceptors (Lipinski definition) is 1. The van der Waals surface area contributed by atoms with E-state index in [1.54, 1.807) is 0 Å². The van der Waals surface area contributed by atoms with Crippen molar-refractivity contribution in [2.24, 2.45) is 23.7 Å². The molecule has 0 saturated heterocycles. The molecule has 0 aliphatic carbocycles. The topological polar surface area (TPSA) is 9.23 Å². The first-order chi connectivity index (χ1) is 8.25. The van der Waals surface area contributed by atoms with Crippen LogP contribution < -0.4 is 0 Å². The summed E-state index contributed by atoms with van der Waals surface area (Å²) >= 11 is 0.755. The highest BCUT2D eigenvalue weighted by atomic mass is 27.1. The first-order valence-electron chi connectivity index (χ1n) is 7.65. The Kier molecular flexibility index (Phi) is 16.1. The molecule has 1 nitrogen and oxygen atoms in total. The molecule has 0 rings (SSSR count). The van der Waals surface area contributed by atoms with Crippen LogP contribution in [-0.2, 0) is 4.74 Å². The first kappa shape index (κ1) is 20.8. The lowest BCUT2D eigenvalue weighted by Crippen LogP contribution is -2.06. The summed E-state index contributed by atoms with van der Waals surface area (Å²) in [5.74, 6) is 3.20. The van der Waals surface area contributed by atoms with Gasteiger partial charge in [-0.1, -0.05) is 67.2 Å². The van der Waals surface area contributed by atoms with Crippen LogP contribution in [0.4, 0.5) is 0 Å². The third kappa shape index (κ3) is 25.4. The van der Waals surface area contributed by atoms with Gasteiger partial charge < -0.3 is 4.74 Å². The zero-order chi connectivity index (χ0) is 14.6. The van der Waals surface area contributed by atoms with Crippen LogP contribution in [0.25, 0.3) is 0 Å². The number of rotatable bonds is 8. The smallest absolute Gasteiger partial charge is 0.200 e. The summed E-state index contributed by atoms with van der Waals surface area (Å²) in [5.41, 5.74) is 0. The van der Waals surface area contributed by atoms with Crippen molar-refractivity contribution in [2.75, 3.05) is 13.2 Å². The van der Waals surface area contributed by atoms with E-state index in [0.717, 1.165) is 40.3 Å². The van der Waals surface area contributed by atoms with Crippen molar-refractivity contribution < 1.29 is 4.74 Å². The molecule has 0 N–H and O–H groups in total. The average molecular weight is 271 g/mol. The van der Waals surface area contributed by atoms with Crippen molar-refractivity contribution in [2.45, 2.75) is 66.0 Å². The minimum absolute atomic E-state index is 0.670. The Hall–Kier alpha value is 0.492. The van der Waals surface area contributed by atoms with Crippen LogP contribution in [-0.4, -0.2) is 28.4 Å². The van der Waals surface area contributed by atoms with Crippen LogP contribution in [0.2, 0.25) is 10.6 Å². The minimum Gasteiger partial charge on any atom is -0.381 e. The van der Waals surface area contributed by atoms with Gasteiger partial charge in [-0.2, -0.15) is 0 Å². The quantitative estimate of drug-likeness (QED) is 0.554. The van der Waals surface area contributed by atoms with E-state index in [1.165, 1.54) is 10.6 Å². The highest BCUT2D eigenvalue weighted by Gasteiger charge is 1.98. The van der Waals surface area contributed by atoms with Gasteiger partial charge in [-0.25, -0.2) is 0 Å². The third-order valence-electron chi connectivity index (χ3n) is 2.18. The number of ether oxygens (including phenoxy) is 1. The molecule has 0 unspecified atom stereocenters. The van der Waals surface area contributed by atoms with Crippen LogP contribution >= 0.6 is 0 Å². The molecule has 0 bridgehead atoms. The molecule has 0 atom stereocenters. The Bertz CT molecular complexity index is 119. The van der Waals surface area contributed by atoms with Gasteiger partial charge in [-0.05, 0) is 11.8 Å². The van der Waals surface area contributed by atoms with Crippen LogP contribution in [0.3, 0.4) is 0 Å². The molecule has 0 aromatic rings. The molecule has 0 saturated carbocycles. The molecule has 2 heteroatoms. The van der Waals surface area contributed by atoms with Crippen molar-refractivity contribution >= 4 is 15.2 Å². The third-order valence-corrected chi connectivity index (χ3v) is 4.73. The molecule has 0 aromatic heterocycles. The fourth-order valence-corrected chi connectivity index (χ4v) is 2.83. The van der Waals surface area contributed by atoms with E-state index < -0.39 is 0 Å². The predicted molar refractivity (Wildman–Crippen MR) is 85.5 cm³/mol. The SMILES string of the molecule is CC(C)COCC(C)C.CC(C)[CH2][Al][CH2]C(C)C. The van der Waals surface area contributed by atoms with Gasteiger partial charge in [0.2, 0.25) is 15.2 Å². The van der Waals surface area contributed by atoms with Crippen LogP contribution in [0.15, 0.2) is 0 Å². The van der Waals surface area contributed by atoms with Gasteiger partial charge in [0.05, 0.1) is 0 Å². The van der Waals surface area contributed by atoms with E-state index in [4.69, 9.17) is 4.74 Å². The first-order valence-corrected chi connectivity index (χ1v) is 9.28. The molecular weight excluding hydrogens is 235 g/mol. The Balaban J connectivity index is 0. The Morgan fingerprint density at radius 3 is 1.17 bits per heavy atom. The van der Waals surface area contributed by atoms with Gasteiger partial charge in [0.15, 0.2) is 0 Å². The van der Waals surface area contributed by atoms with Crippen molar-refractivity contribution in [1.82, 2.24) is 0 Å². The molecule has 18 heavy (non-hydrogen) atoms. The van der Waals surface area contributed by atoms with E-state index in [1.807, 2.05) is 0 Å². The lowest BCUT2D eigenvalue weighted by atomic mass is 10.2. The van der Waals surface area contributed by atoms with E-state index in [9.17, 15) is 0 Å². The van der Waals surface area contributed by atoms with E-state index >= 15 is 0 Å². The van der Waals surface area contributed by atoms with Crippen molar-refractivity contribution in [1.29, 1.82) is 0 Å². The summed E-state index contributed by atoms with van der Waals surface area (Å²) in [6.45, 7) is 19.7. The van der Waals surface area contributed by atoms with Crippen molar-refractivity contribution in [3.05, 3.63) is 0 Å². The van der Waals surface area contributed by atoms with E-state index in [2.05, 4.69) is 55.4 Å². The zero-order valence-corrected chi connectivity index (χ0v) is 15.3. The second-order valence-electron chi connectivity index (χ2n) is 6.87. The summed E-state index contributed by atoms with van der Waals surface area (Å²) < 4.78 is 5.36. The molecule has 109 valence electrons. The number of hydrogen-bond donors (Lipinski definition) is 0. The highest BCUT2D eigenvalue weighted by molar-refractivity contribution is 6.35. The zero-order valence-electron chi connectivity index (χ0n) is 14.1. The fourth-order valence-electron chi connectivity index (χ4n) is 1.30. The Labute approximate surface area is 123 Å². The molecule has 0 aliphatic heterocycles. The lowest BCUT2D eigenvalue weighted by Gasteiger charge is -2.07. The summed E-state index contributed by atoms with van der Waals surface area (Å²) in [4.78, 5) is 0. The Morgan fingerprint density at radius 2 is 0.944 bits per heavy atom. The normalized spacial score (nSPS) is 11.1. The maximum atomic E-state index is 5.36. The van der Waals surface area contributed by atoms with Gasteiger partial charge in [-0.3, -0.25) is 0 Å². The van der Waals surface area contributed by atoms with Crippen molar-refractivity contribution in [3.8, 4) is 0 Å². The second-order valence-corrected chi connectivity index (χ2v) is 8.39. The van der Waals surface area contributed by atoms with Crippen LogP contribution in [0, 0.1) is 23.7 Å². The molecular formula is C16H36AlO. The van der Waals surface area contributed by atoms with Gasteiger partial charge in [0.25, 0.3) is 0 Å². The molecule has 0 amide bonds. The fraction of sp³-hybridized carbons (Fsp3) is 1.00.